The highest BCUT2D eigenvalue weighted by Crippen LogP contribution is 2.38. The number of pyridine rings is 1. The van der Waals surface area contributed by atoms with Crippen molar-refractivity contribution in [1.82, 2.24) is 10.3 Å². The molecule has 2 fully saturated rings. The van der Waals surface area contributed by atoms with Gasteiger partial charge in [-0.05, 0) is 48.9 Å². The number of carbonyl (C=O) groups excluding carboxylic acids is 1. The summed E-state index contributed by atoms with van der Waals surface area (Å²) >= 11 is 0. The summed E-state index contributed by atoms with van der Waals surface area (Å²) in [7, 11) is 0. The first kappa shape index (κ1) is 20.5. The first-order valence-electron chi connectivity index (χ1n) is 10.9. The number of nitrogens with zero attached hydrogens (tertiary/aromatic N) is 2. The van der Waals surface area contributed by atoms with Gasteiger partial charge in [-0.2, -0.15) is 0 Å². The molecular weight excluding hydrogens is 378 g/mol. The molecule has 0 spiro atoms. The third-order valence-corrected chi connectivity index (χ3v) is 6.05. The Bertz CT molecular complexity index is 870. The molecule has 2 heterocycles. The van der Waals surface area contributed by atoms with Crippen LogP contribution in [0, 0.1) is 11.8 Å². The Morgan fingerprint density at radius 3 is 2.77 bits per heavy atom. The smallest absolute Gasteiger partial charge is 0.217 e. The first-order chi connectivity index (χ1) is 14.5. The minimum atomic E-state index is -0.0272. The summed E-state index contributed by atoms with van der Waals surface area (Å²) in [6.07, 6.45) is 4.21. The molecule has 2 aromatic rings. The molecular formula is C24H31N3O3. The molecule has 6 nitrogen and oxygen atoms in total. The fraction of sp³-hybridized carbons (Fsp3) is 0.500. The van der Waals surface area contributed by atoms with Crippen LogP contribution in [0.1, 0.15) is 45.2 Å². The predicted octanol–water partition coefficient (Wildman–Crippen LogP) is 3.97. The molecule has 1 amide bonds. The maximum Gasteiger partial charge on any atom is 0.217 e. The summed E-state index contributed by atoms with van der Waals surface area (Å²) in [5.74, 6) is 3.01. The normalized spacial score (nSPS) is 23.7. The zero-order chi connectivity index (χ0) is 21.1. The monoisotopic (exact) mass is 409 g/mol. The van der Waals surface area contributed by atoms with Crippen LogP contribution in [0.25, 0.3) is 0 Å². The molecule has 4 atom stereocenters. The van der Waals surface area contributed by atoms with E-state index in [4.69, 9.17) is 9.47 Å². The zero-order valence-corrected chi connectivity index (χ0v) is 18.0. The molecule has 160 valence electrons. The Labute approximate surface area is 178 Å². The molecule has 0 bridgehead atoms. The average Bonchev–Trinajstić information content (AvgIpc) is 3.24. The fourth-order valence-electron chi connectivity index (χ4n) is 3.97. The molecule has 2 unspecified atom stereocenters. The van der Waals surface area contributed by atoms with E-state index < -0.39 is 0 Å². The SMILES string of the molecule is CC(=O)N[C@@H](C)c1ccc(O[C@@H]2CCN(c3ccnc(OCC4CC4C)c3)C2)cc1. The van der Waals surface area contributed by atoms with Gasteiger partial charge in [0, 0.05) is 37.8 Å². The summed E-state index contributed by atoms with van der Waals surface area (Å²) in [6, 6.07) is 12.0. The molecule has 2 aliphatic rings. The second-order valence-corrected chi connectivity index (χ2v) is 8.60. The molecule has 4 rings (SSSR count). The fourth-order valence-corrected chi connectivity index (χ4v) is 3.97. The lowest BCUT2D eigenvalue weighted by Gasteiger charge is -2.20. The number of rotatable bonds is 8. The van der Waals surface area contributed by atoms with Gasteiger partial charge in [-0.15, -0.1) is 0 Å². The van der Waals surface area contributed by atoms with E-state index >= 15 is 0 Å². The number of carbonyl (C=O) groups is 1. The van der Waals surface area contributed by atoms with E-state index in [0.717, 1.165) is 49.0 Å². The largest absolute Gasteiger partial charge is 0.489 e. The number of nitrogens with one attached hydrogen (secondary N) is 1. The van der Waals surface area contributed by atoms with Gasteiger partial charge in [-0.1, -0.05) is 19.1 Å². The first-order valence-corrected chi connectivity index (χ1v) is 10.9. The number of amides is 1. The van der Waals surface area contributed by atoms with Crippen molar-refractivity contribution >= 4 is 11.6 Å². The molecule has 1 saturated carbocycles. The van der Waals surface area contributed by atoms with Crippen molar-refractivity contribution in [2.45, 2.75) is 45.8 Å². The summed E-state index contributed by atoms with van der Waals surface area (Å²) in [4.78, 5) is 17.9. The van der Waals surface area contributed by atoms with E-state index in [9.17, 15) is 4.79 Å². The number of aromatic nitrogens is 1. The number of hydrogen-bond acceptors (Lipinski definition) is 5. The maximum atomic E-state index is 11.2. The standard InChI is InChI=1S/C24H31N3O3/c1-16-12-20(16)15-29-24-13-21(8-10-25-24)27-11-9-23(14-27)30-22-6-4-19(5-7-22)17(2)26-18(3)28/h4-8,10,13,16-17,20,23H,9,11-12,14-15H2,1-3H3,(H,26,28)/t16?,17-,20?,23+/m0/s1. The van der Waals surface area contributed by atoms with Gasteiger partial charge >= 0.3 is 0 Å². The van der Waals surface area contributed by atoms with Crippen LogP contribution < -0.4 is 19.7 Å². The van der Waals surface area contributed by atoms with Gasteiger partial charge in [-0.3, -0.25) is 4.79 Å². The van der Waals surface area contributed by atoms with Crippen LogP contribution >= 0.6 is 0 Å². The summed E-state index contributed by atoms with van der Waals surface area (Å²) in [5.41, 5.74) is 2.20. The summed E-state index contributed by atoms with van der Waals surface area (Å²) in [5, 5.41) is 2.90. The van der Waals surface area contributed by atoms with E-state index in [1.165, 1.54) is 13.3 Å². The van der Waals surface area contributed by atoms with Gasteiger partial charge in [0.1, 0.15) is 11.9 Å². The molecule has 0 radical (unpaired) electrons. The molecule has 1 aromatic heterocycles. The van der Waals surface area contributed by atoms with Gasteiger partial charge in [0.2, 0.25) is 11.8 Å². The highest BCUT2D eigenvalue weighted by molar-refractivity contribution is 5.73. The van der Waals surface area contributed by atoms with Gasteiger partial charge in [-0.25, -0.2) is 4.98 Å². The number of benzene rings is 1. The summed E-state index contributed by atoms with van der Waals surface area (Å²) in [6.45, 7) is 8.33. The Morgan fingerprint density at radius 2 is 2.07 bits per heavy atom. The van der Waals surface area contributed by atoms with Gasteiger partial charge in [0.05, 0.1) is 19.2 Å². The average molecular weight is 410 g/mol. The maximum absolute atomic E-state index is 11.2. The molecule has 1 N–H and O–H groups in total. The predicted molar refractivity (Wildman–Crippen MR) is 117 cm³/mol. The lowest BCUT2D eigenvalue weighted by Crippen LogP contribution is -2.25. The Balaban J connectivity index is 1.29. The van der Waals surface area contributed by atoms with Crippen molar-refractivity contribution in [3.63, 3.8) is 0 Å². The molecule has 1 aliphatic carbocycles. The van der Waals surface area contributed by atoms with E-state index in [1.807, 2.05) is 49.5 Å². The highest BCUT2D eigenvalue weighted by atomic mass is 16.5. The van der Waals surface area contributed by atoms with Crippen LogP contribution in [0.5, 0.6) is 11.6 Å². The van der Waals surface area contributed by atoms with Gasteiger partial charge in [0.25, 0.3) is 0 Å². The van der Waals surface area contributed by atoms with Gasteiger partial charge < -0.3 is 19.7 Å². The Hall–Kier alpha value is -2.76. The topological polar surface area (TPSA) is 63.7 Å². The Morgan fingerprint density at radius 1 is 1.30 bits per heavy atom. The van der Waals surface area contributed by atoms with Crippen LogP contribution in [0.4, 0.5) is 5.69 Å². The number of anilines is 1. The second kappa shape index (κ2) is 8.94. The highest BCUT2D eigenvalue weighted by Gasteiger charge is 2.33. The van der Waals surface area contributed by atoms with Crippen molar-refractivity contribution in [2.75, 3.05) is 24.6 Å². The van der Waals surface area contributed by atoms with Crippen LogP contribution in [0.3, 0.4) is 0 Å². The molecule has 1 aromatic carbocycles. The van der Waals surface area contributed by atoms with Crippen LogP contribution in [0.15, 0.2) is 42.6 Å². The van der Waals surface area contributed by atoms with Crippen molar-refractivity contribution in [1.29, 1.82) is 0 Å². The van der Waals surface area contributed by atoms with E-state index in [0.29, 0.717) is 11.8 Å². The van der Waals surface area contributed by atoms with Crippen molar-refractivity contribution in [2.24, 2.45) is 11.8 Å². The van der Waals surface area contributed by atoms with E-state index in [1.54, 1.807) is 0 Å². The van der Waals surface area contributed by atoms with Crippen molar-refractivity contribution in [3.05, 3.63) is 48.2 Å². The lowest BCUT2D eigenvalue weighted by molar-refractivity contribution is -0.119. The van der Waals surface area contributed by atoms with E-state index in [2.05, 4.69) is 22.1 Å². The van der Waals surface area contributed by atoms with Crippen molar-refractivity contribution in [3.8, 4) is 11.6 Å². The van der Waals surface area contributed by atoms with Crippen molar-refractivity contribution < 1.29 is 14.3 Å². The van der Waals surface area contributed by atoms with E-state index in [-0.39, 0.29) is 18.1 Å². The minimum Gasteiger partial charge on any atom is -0.489 e. The zero-order valence-electron chi connectivity index (χ0n) is 18.0. The lowest BCUT2D eigenvalue weighted by atomic mass is 10.1. The number of ether oxygens (including phenoxy) is 2. The van der Waals surface area contributed by atoms with Crippen LogP contribution in [-0.4, -0.2) is 36.7 Å². The minimum absolute atomic E-state index is 0.00949. The third-order valence-electron chi connectivity index (χ3n) is 6.05. The van der Waals surface area contributed by atoms with Gasteiger partial charge in [0.15, 0.2) is 0 Å². The van der Waals surface area contributed by atoms with Crippen LogP contribution in [0.2, 0.25) is 0 Å². The molecule has 6 heteroatoms. The molecule has 30 heavy (non-hydrogen) atoms. The summed E-state index contributed by atoms with van der Waals surface area (Å²) < 4.78 is 12.1. The Kier molecular flexibility index (Phi) is 6.11. The number of hydrogen-bond donors (Lipinski definition) is 1. The molecule has 1 aliphatic heterocycles. The molecule has 1 saturated heterocycles. The second-order valence-electron chi connectivity index (χ2n) is 8.60. The van der Waals surface area contributed by atoms with Crippen LogP contribution in [-0.2, 0) is 4.79 Å². The quantitative estimate of drug-likeness (QED) is 0.715. The third kappa shape index (κ3) is 5.23.